The molecule has 130 valence electrons. The molecule has 0 radical (unpaired) electrons. The Balaban J connectivity index is 1.69. The molecule has 0 spiro atoms. The molecule has 1 aliphatic heterocycles. The molecule has 2 amide bonds. The first-order chi connectivity index (χ1) is 12.0. The highest BCUT2D eigenvalue weighted by atomic mass is 19.1. The maximum Gasteiger partial charge on any atom is 0.254 e. The van der Waals surface area contributed by atoms with Crippen LogP contribution in [0.3, 0.4) is 0 Å². The van der Waals surface area contributed by atoms with E-state index in [2.05, 4.69) is 5.32 Å². The van der Waals surface area contributed by atoms with Gasteiger partial charge in [0.1, 0.15) is 11.6 Å². The van der Waals surface area contributed by atoms with Gasteiger partial charge in [-0.2, -0.15) is 0 Å². The lowest BCUT2D eigenvalue weighted by Gasteiger charge is -2.35. The van der Waals surface area contributed by atoms with Gasteiger partial charge in [-0.05, 0) is 24.3 Å². The van der Waals surface area contributed by atoms with Gasteiger partial charge in [-0.15, -0.1) is 0 Å². The van der Waals surface area contributed by atoms with E-state index in [1.165, 1.54) is 0 Å². The Bertz CT molecular complexity index is 826. The zero-order valence-corrected chi connectivity index (χ0v) is 13.6. The van der Waals surface area contributed by atoms with Crippen LogP contribution in [0.2, 0.25) is 0 Å². The fourth-order valence-electron chi connectivity index (χ4n) is 2.79. The van der Waals surface area contributed by atoms with E-state index < -0.39 is 17.5 Å². The first-order valence-electron chi connectivity index (χ1n) is 7.81. The maximum atomic E-state index is 13.6. The highest BCUT2D eigenvalue weighted by molar-refractivity contribution is 6.02. The third kappa shape index (κ3) is 3.45. The van der Waals surface area contributed by atoms with Gasteiger partial charge in [0.2, 0.25) is 5.91 Å². The molecule has 0 fully saturated rings. The minimum atomic E-state index is -0.963. The molecular formula is C18H17F2N3O2. The van der Waals surface area contributed by atoms with Crippen molar-refractivity contribution < 1.29 is 18.4 Å². The SMILES string of the molecule is CN1CCN(C(=O)CNC(=O)c2ccc(F)cc2F)c2ccccc21. The number of carbonyl (C=O) groups is 2. The van der Waals surface area contributed by atoms with Crippen LogP contribution >= 0.6 is 0 Å². The normalized spacial score (nSPS) is 13.4. The minimum absolute atomic E-state index is 0.270. The van der Waals surface area contributed by atoms with Crippen LogP contribution in [-0.4, -0.2) is 38.5 Å². The number of hydrogen-bond donors (Lipinski definition) is 1. The number of amides is 2. The van der Waals surface area contributed by atoms with E-state index in [1.807, 2.05) is 36.2 Å². The minimum Gasteiger partial charge on any atom is -0.371 e. The van der Waals surface area contributed by atoms with Gasteiger partial charge in [-0.3, -0.25) is 9.59 Å². The number of carbonyl (C=O) groups excluding carboxylic acids is 2. The van der Waals surface area contributed by atoms with Crippen LogP contribution in [0.4, 0.5) is 20.2 Å². The Kier molecular flexibility index (Phi) is 4.65. The molecule has 1 N–H and O–H groups in total. The van der Waals surface area contributed by atoms with E-state index in [1.54, 1.807) is 4.90 Å². The highest BCUT2D eigenvalue weighted by Crippen LogP contribution is 2.31. The summed E-state index contributed by atoms with van der Waals surface area (Å²) in [7, 11) is 1.94. The Morgan fingerprint density at radius 3 is 2.52 bits per heavy atom. The van der Waals surface area contributed by atoms with E-state index in [0.29, 0.717) is 19.2 Å². The zero-order chi connectivity index (χ0) is 18.0. The average molecular weight is 345 g/mol. The summed E-state index contributed by atoms with van der Waals surface area (Å²) in [5, 5.41) is 2.39. The molecule has 1 heterocycles. The number of fused-ring (bicyclic) bond motifs is 1. The molecular weight excluding hydrogens is 328 g/mol. The standard InChI is InChI=1S/C18H17F2N3O2/c1-22-8-9-23(16-5-3-2-4-15(16)22)17(24)11-21-18(25)13-7-6-12(19)10-14(13)20/h2-7,10H,8-9,11H2,1H3,(H,21,25). The summed E-state index contributed by atoms with van der Waals surface area (Å²) < 4.78 is 26.5. The van der Waals surface area contributed by atoms with Crippen molar-refractivity contribution in [3.63, 3.8) is 0 Å². The molecule has 25 heavy (non-hydrogen) atoms. The maximum absolute atomic E-state index is 13.6. The number of rotatable bonds is 3. The molecule has 0 unspecified atom stereocenters. The van der Waals surface area contributed by atoms with Crippen LogP contribution in [0.5, 0.6) is 0 Å². The van der Waals surface area contributed by atoms with E-state index >= 15 is 0 Å². The van der Waals surface area contributed by atoms with Crippen LogP contribution in [-0.2, 0) is 4.79 Å². The molecule has 1 aliphatic rings. The Hall–Kier alpha value is -2.96. The van der Waals surface area contributed by atoms with Crippen molar-refractivity contribution in [3.8, 4) is 0 Å². The second kappa shape index (κ2) is 6.88. The number of hydrogen-bond acceptors (Lipinski definition) is 3. The molecule has 7 heteroatoms. The Morgan fingerprint density at radius 1 is 1.08 bits per heavy atom. The predicted molar refractivity (Wildman–Crippen MR) is 90.8 cm³/mol. The predicted octanol–water partition coefficient (Wildman–Crippen LogP) is 2.18. The van der Waals surface area contributed by atoms with E-state index in [4.69, 9.17) is 0 Å². The highest BCUT2D eigenvalue weighted by Gasteiger charge is 2.25. The second-order valence-electron chi connectivity index (χ2n) is 5.76. The third-order valence-electron chi connectivity index (χ3n) is 4.12. The molecule has 5 nitrogen and oxygen atoms in total. The summed E-state index contributed by atoms with van der Waals surface area (Å²) in [6.45, 7) is 0.893. The van der Waals surface area contributed by atoms with Gasteiger partial charge >= 0.3 is 0 Å². The Labute approximate surface area is 143 Å². The summed E-state index contributed by atoms with van der Waals surface area (Å²) in [6.07, 6.45) is 0. The van der Waals surface area contributed by atoms with Crippen LogP contribution in [0, 0.1) is 11.6 Å². The van der Waals surface area contributed by atoms with Crippen LogP contribution in [0.1, 0.15) is 10.4 Å². The number of nitrogens with zero attached hydrogens (tertiary/aromatic N) is 2. The molecule has 2 aromatic carbocycles. The van der Waals surface area contributed by atoms with Gasteiger partial charge in [-0.1, -0.05) is 12.1 Å². The number of nitrogens with one attached hydrogen (secondary N) is 1. The lowest BCUT2D eigenvalue weighted by Crippen LogP contribution is -2.46. The first kappa shape index (κ1) is 16.9. The van der Waals surface area contributed by atoms with E-state index in [9.17, 15) is 18.4 Å². The van der Waals surface area contributed by atoms with Gasteiger partial charge in [-0.25, -0.2) is 8.78 Å². The van der Waals surface area contributed by atoms with E-state index in [-0.39, 0.29) is 18.0 Å². The smallest absolute Gasteiger partial charge is 0.254 e. The summed E-state index contributed by atoms with van der Waals surface area (Å²) >= 11 is 0. The van der Waals surface area contributed by atoms with Crippen molar-refractivity contribution in [1.29, 1.82) is 0 Å². The van der Waals surface area contributed by atoms with Gasteiger partial charge in [0.15, 0.2) is 0 Å². The largest absolute Gasteiger partial charge is 0.371 e. The zero-order valence-electron chi connectivity index (χ0n) is 13.6. The number of benzene rings is 2. The second-order valence-corrected chi connectivity index (χ2v) is 5.76. The lowest BCUT2D eigenvalue weighted by molar-refractivity contribution is -0.117. The van der Waals surface area contributed by atoms with Gasteiger partial charge < -0.3 is 15.1 Å². The number of halogens is 2. The van der Waals surface area contributed by atoms with Crippen molar-refractivity contribution in [2.45, 2.75) is 0 Å². The first-order valence-corrected chi connectivity index (χ1v) is 7.81. The van der Waals surface area contributed by atoms with Crippen molar-refractivity contribution >= 4 is 23.2 Å². The number of anilines is 2. The van der Waals surface area contributed by atoms with Crippen molar-refractivity contribution in [3.05, 3.63) is 59.7 Å². The number of likely N-dealkylation sites (N-methyl/N-ethyl adjacent to an activating group) is 1. The molecule has 0 aliphatic carbocycles. The average Bonchev–Trinajstić information content (AvgIpc) is 2.60. The van der Waals surface area contributed by atoms with Crippen LogP contribution in [0.15, 0.2) is 42.5 Å². The fraction of sp³-hybridized carbons (Fsp3) is 0.222. The number of para-hydroxylation sites is 2. The topological polar surface area (TPSA) is 52.6 Å². The fourth-order valence-corrected chi connectivity index (χ4v) is 2.79. The Morgan fingerprint density at radius 2 is 1.80 bits per heavy atom. The summed E-state index contributed by atoms with van der Waals surface area (Å²) in [5.74, 6) is -2.78. The quantitative estimate of drug-likeness (QED) is 0.928. The van der Waals surface area contributed by atoms with Gasteiger partial charge in [0.05, 0.1) is 23.5 Å². The molecule has 0 atom stereocenters. The molecule has 3 rings (SSSR count). The summed E-state index contributed by atoms with van der Waals surface area (Å²) in [4.78, 5) is 28.1. The molecule has 0 bridgehead atoms. The van der Waals surface area contributed by atoms with Crippen molar-refractivity contribution in [2.75, 3.05) is 36.5 Å². The molecule has 0 saturated heterocycles. The van der Waals surface area contributed by atoms with Crippen molar-refractivity contribution in [2.24, 2.45) is 0 Å². The molecule has 0 aromatic heterocycles. The van der Waals surface area contributed by atoms with E-state index in [0.717, 1.165) is 23.5 Å². The summed E-state index contributed by atoms with van der Waals surface area (Å²) in [6, 6.07) is 10.2. The lowest BCUT2D eigenvalue weighted by atomic mass is 10.1. The van der Waals surface area contributed by atoms with Crippen LogP contribution < -0.4 is 15.1 Å². The van der Waals surface area contributed by atoms with Gasteiger partial charge in [0.25, 0.3) is 5.91 Å². The monoisotopic (exact) mass is 345 g/mol. The van der Waals surface area contributed by atoms with Crippen LogP contribution in [0.25, 0.3) is 0 Å². The third-order valence-corrected chi connectivity index (χ3v) is 4.12. The van der Waals surface area contributed by atoms with Gasteiger partial charge in [0, 0.05) is 26.2 Å². The van der Waals surface area contributed by atoms with Crippen molar-refractivity contribution in [1.82, 2.24) is 5.32 Å². The summed E-state index contributed by atoms with van der Waals surface area (Å²) in [5.41, 5.74) is 1.40. The molecule has 0 saturated carbocycles. The molecule has 2 aromatic rings.